The Hall–Kier alpha value is -1.92. The van der Waals surface area contributed by atoms with Crippen LogP contribution in [-0.2, 0) is 6.42 Å². The molecule has 7 heteroatoms. The summed E-state index contributed by atoms with van der Waals surface area (Å²) in [6, 6.07) is 7.83. The summed E-state index contributed by atoms with van der Waals surface area (Å²) < 4.78 is 2.88. The highest BCUT2D eigenvalue weighted by molar-refractivity contribution is 7.17. The average molecular weight is 389 g/mol. The molecule has 1 saturated heterocycles. The van der Waals surface area contributed by atoms with Crippen molar-refractivity contribution in [2.45, 2.75) is 32.7 Å². The fourth-order valence-electron chi connectivity index (χ4n) is 3.69. The second kappa shape index (κ2) is 7.00. The van der Waals surface area contributed by atoms with Gasteiger partial charge < -0.3 is 9.47 Å². The summed E-state index contributed by atoms with van der Waals surface area (Å²) in [6.45, 7) is 5.87. The molecule has 1 aliphatic rings. The highest BCUT2D eigenvalue weighted by Gasteiger charge is 2.29. The molecule has 4 rings (SSSR count). The number of amides is 1. The van der Waals surface area contributed by atoms with Crippen LogP contribution in [0.15, 0.2) is 30.5 Å². The van der Waals surface area contributed by atoms with E-state index in [9.17, 15) is 4.79 Å². The van der Waals surface area contributed by atoms with Crippen LogP contribution in [0.1, 0.15) is 41.8 Å². The van der Waals surface area contributed by atoms with Crippen molar-refractivity contribution in [1.82, 2.24) is 19.4 Å². The van der Waals surface area contributed by atoms with Crippen LogP contribution in [0.3, 0.4) is 0 Å². The van der Waals surface area contributed by atoms with Gasteiger partial charge in [0, 0.05) is 31.7 Å². The first-order valence-electron chi connectivity index (χ1n) is 8.89. The van der Waals surface area contributed by atoms with Gasteiger partial charge in [0.1, 0.15) is 11.3 Å². The van der Waals surface area contributed by atoms with Crippen LogP contribution >= 0.6 is 22.9 Å². The molecule has 0 aromatic carbocycles. The van der Waals surface area contributed by atoms with Gasteiger partial charge in [0.2, 0.25) is 0 Å². The fourth-order valence-corrected chi connectivity index (χ4v) is 4.70. The maximum Gasteiger partial charge on any atom is 0.263 e. The predicted octanol–water partition coefficient (Wildman–Crippen LogP) is 4.43. The van der Waals surface area contributed by atoms with Crippen LogP contribution in [0.25, 0.3) is 11.2 Å². The Balaban J connectivity index is 1.51. The van der Waals surface area contributed by atoms with E-state index in [4.69, 9.17) is 16.6 Å². The summed E-state index contributed by atoms with van der Waals surface area (Å²) in [7, 11) is 0. The van der Waals surface area contributed by atoms with Crippen LogP contribution in [0.2, 0.25) is 4.34 Å². The zero-order chi connectivity index (χ0) is 18.3. The van der Waals surface area contributed by atoms with Gasteiger partial charge in [-0.15, -0.1) is 11.3 Å². The quantitative estimate of drug-likeness (QED) is 0.664. The Morgan fingerprint density at radius 2 is 2.23 bits per heavy atom. The average Bonchev–Trinajstić information content (AvgIpc) is 3.32. The van der Waals surface area contributed by atoms with Gasteiger partial charge in [-0.2, -0.15) is 0 Å². The predicted molar refractivity (Wildman–Crippen MR) is 105 cm³/mol. The van der Waals surface area contributed by atoms with Gasteiger partial charge in [0.25, 0.3) is 5.91 Å². The number of imidazole rings is 1. The normalized spacial score (nSPS) is 17.5. The van der Waals surface area contributed by atoms with Crippen molar-refractivity contribution >= 4 is 40.0 Å². The first kappa shape index (κ1) is 17.5. The number of carbonyl (C=O) groups is 1. The number of thiophene rings is 1. The molecule has 0 aliphatic carbocycles. The number of likely N-dealkylation sites (tertiary alicyclic amines) is 1. The van der Waals surface area contributed by atoms with E-state index < -0.39 is 0 Å². The van der Waals surface area contributed by atoms with E-state index in [1.54, 1.807) is 6.07 Å². The zero-order valence-corrected chi connectivity index (χ0v) is 16.4. The Labute approximate surface area is 161 Å². The molecule has 0 radical (unpaired) electrons. The third kappa shape index (κ3) is 3.23. The topological polar surface area (TPSA) is 51.0 Å². The first-order chi connectivity index (χ1) is 12.5. The molecular formula is C19H21ClN4OS. The summed E-state index contributed by atoms with van der Waals surface area (Å²) in [4.78, 5) is 24.6. The van der Waals surface area contributed by atoms with Crippen molar-refractivity contribution in [3.63, 3.8) is 0 Å². The minimum Gasteiger partial charge on any atom is -0.338 e. The molecule has 0 N–H and O–H groups in total. The highest BCUT2D eigenvalue weighted by atomic mass is 35.5. The van der Waals surface area contributed by atoms with Crippen LogP contribution < -0.4 is 0 Å². The van der Waals surface area contributed by atoms with Gasteiger partial charge in [0.15, 0.2) is 5.65 Å². The molecule has 1 amide bonds. The number of aromatic nitrogens is 3. The number of fused-ring (bicyclic) bond motifs is 1. The molecule has 26 heavy (non-hydrogen) atoms. The SMILES string of the molecule is CC(C)n1c(C[C@H]2CCN(C(=O)c3ccc(Cl)s3)C2)nc2cccnc21. The van der Waals surface area contributed by atoms with E-state index in [2.05, 4.69) is 23.4 Å². The molecule has 4 heterocycles. The summed E-state index contributed by atoms with van der Waals surface area (Å²) >= 11 is 7.31. The zero-order valence-electron chi connectivity index (χ0n) is 14.9. The molecular weight excluding hydrogens is 368 g/mol. The van der Waals surface area contributed by atoms with Crippen molar-refractivity contribution in [3.05, 3.63) is 45.5 Å². The number of hydrogen-bond acceptors (Lipinski definition) is 4. The maximum absolute atomic E-state index is 12.6. The van der Waals surface area contributed by atoms with Gasteiger partial charge in [-0.05, 0) is 50.5 Å². The third-order valence-electron chi connectivity index (χ3n) is 4.87. The molecule has 1 fully saturated rings. The van der Waals surface area contributed by atoms with E-state index in [1.807, 2.05) is 29.3 Å². The minimum atomic E-state index is 0.0865. The van der Waals surface area contributed by atoms with Crippen molar-refractivity contribution in [2.24, 2.45) is 5.92 Å². The monoisotopic (exact) mass is 388 g/mol. The molecule has 5 nitrogen and oxygen atoms in total. The first-order valence-corrected chi connectivity index (χ1v) is 10.1. The van der Waals surface area contributed by atoms with Crippen molar-refractivity contribution in [3.8, 4) is 0 Å². The largest absolute Gasteiger partial charge is 0.338 e. The lowest BCUT2D eigenvalue weighted by atomic mass is 10.0. The van der Waals surface area contributed by atoms with Gasteiger partial charge in [-0.1, -0.05) is 11.6 Å². The number of hydrogen-bond donors (Lipinski definition) is 0. The number of nitrogens with zero attached hydrogens (tertiary/aromatic N) is 4. The van der Waals surface area contributed by atoms with Gasteiger partial charge in [-0.3, -0.25) is 4.79 Å². The van der Waals surface area contributed by atoms with Crippen LogP contribution in [-0.4, -0.2) is 38.4 Å². The third-order valence-corrected chi connectivity index (χ3v) is 6.09. The Morgan fingerprint density at radius 3 is 2.96 bits per heavy atom. The Bertz CT molecular complexity index is 948. The molecule has 3 aromatic heterocycles. The fraction of sp³-hybridized carbons (Fsp3) is 0.421. The Kier molecular flexibility index (Phi) is 4.71. The number of rotatable bonds is 4. The maximum atomic E-state index is 12.6. The lowest BCUT2D eigenvalue weighted by molar-refractivity contribution is 0.0791. The smallest absolute Gasteiger partial charge is 0.263 e. The van der Waals surface area contributed by atoms with E-state index in [1.165, 1.54) is 11.3 Å². The molecule has 0 bridgehead atoms. The van der Waals surface area contributed by atoms with Crippen molar-refractivity contribution in [1.29, 1.82) is 0 Å². The van der Waals surface area contributed by atoms with Gasteiger partial charge in [0.05, 0.1) is 9.21 Å². The standard InChI is InChI=1S/C19H21ClN4OS/c1-12(2)24-17(22-14-4-3-8-21-18(14)24)10-13-7-9-23(11-13)19(25)15-5-6-16(20)26-15/h3-6,8,12-13H,7,9-11H2,1-2H3/t13-/m1/s1. The molecule has 0 saturated carbocycles. The van der Waals surface area contributed by atoms with E-state index in [-0.39, 0.29) is 5.91 Å². The van der Waals surface area contributed by atoms with E-state index >= 15 is 0 Å². The van der Waals surface area contributed by atoms with Crippen LogP contribution in [0.5, 0.6) is 0 Å². The lowest BCUT2D eigenvalue weighted by Crippen LogP contribution is -2.28. The van der Waals surface area contributed by atoms with Gasteiger partial charge >= 0.3 is 0 Å². The lowest BCUT2D eigenvalue weighted by Gasteiger charge is -2.17. The van der Waals surface area contributed by atoms with Crippen molar-refractivity contribution in [2.75, 3.05) is 13.1 Å². The molecule has 136 valence electrons. The Morgan fingerprint density at radius 1 is 1.38 bits per heavy atom. The van der Waals surface area contributed by atoms with E-state index in [0.717, 1.165) is 42.9 Å². The van der Waals surface area contributed by atoms with Gasteiger partial charge in [-0.25, -0.2) is 9.97 Å². The van der Waals surface area contributed by atoms with Crippen LogP contribution in [0, 0.1) is 5.92 Å². The molecule has 0 unspecified atom stereocenters. The summed E-state index contributed by atoms with van der Waals surface area (Å²) in [5, 5.41) is 0. The summed E-state index contributed by atoms with van der Waals surface area (Å²) in [5.41, 5.74) is 1.88. The molecule has 0 spiro atoms. The molecule has 1 aliphatic heterocycles. The summed E-state index contributed by atoms with van der Waals surface area (Å²) in [6.07, 6.45) is 3.68. The summed E-state index contributed by atoms with van der Waals surface area (Å²) in [5.74, 6) is 1.57. The second-order valence-electron chi connectivity index (χ2n) is 7.05. The number of pyridine rings is 1. The highest BCUT2D eigenvalue weighted by Crippen LogP contribution is 2.28. The van der Waals surface area contributed by atoms with E-state index in [0.29, 0.717) is 21.2 Å². The number of carbonyl (C=O) groups excluding carboxylic acids is 1. The second-order valence-corrected chi connectivity index (χ2v) is 8.77. The number of halogens is 1. The van der Waals surface area contributed by atoms with Crippen LogP contribution in [0.4, 0.5) is 0 Å². The minimum absolute atomic E-state index is 0.0865. The molecule has 1 atom stereocenters. The van der Waals surface area contributed by atoms with Crippen molar-refractivity contribution < 1.29 is 4.79 Å². The molecule has 3 aromatic rings.